The van der Waals surface area contributed by atoms with E-state index < -0.39 is 0 Å². The molecule has 0 aliphatic carbocycles. The van der Waals surface area contributed by atoms with E-state index in [4.69, 9.17) is 0 Å². The molecule has 0 aromatic carbocycles. The van der Waals surface area contributed by atoms with Gasteiger partial charge in [0.05, 0.1) is 0 Å². The van der Waals surface area contributed by atoms with Crippen LogP contribution in [0, 0.1) is 0 Å². The lowest BCUT2D eigenvalue weighted by molar-refractivity contribution is 0.523. The standard InChI is InChI=1S/C11H19N/c1-7-10(4)8-11(9(2)3)12(5)6/h7-8H,1H2,2-6H3/b10-8-. The molecule has 0 spiro atoms. The summed E-state index contributed by atoms with van der Waals surface area (Å²) < 4.78 is 0. The minimum atomic E-state index is 1.19. The molecule has 1 nitrogen and oxygen atoms in total. The van der Waals surface area contributed by atoms with Crippen LogP contribution in [-0.4, -0.2) is 19.0 Å². The molecular formula is C11H19N. The fraction of sp³-hybridized carbons (Fsp3) is 0.455. The molecule has 0 unspecified atom stereocenters. The number of allylic oxidation sites excluding steroid dienone is 4. The minimum absolute atomic E-state index is 1.19. The fourth-order valence-corrected chi connectivity index (χ4v) is 0.995. The van der Waals surface area contributed by atoms with Crippen molar-refractivity contribution in [2.24, 2.45) is 0 Å². The molecule has 0 aliphatic rings. The Morgan fingerprint density at radius 1 is 1.17 bits per heavy atom. The fourth-order valence-electron chi connectivity index (χ4n) is 0.995. The molecule has 0 saturated heterocycles. The van der Waals surface area contributed by atoms with Gasteiger partial charge in [-0.2, -0.15) is 0 Å². The van der Waals surface area contributed by atoms with Crippen LogP contribution < -0.4 is 0 Å². The predicted octanol–water partition coefficient (Wildman–Crippen LogP) is 2.97. The first-order valence-electron chi connectivity index (χ1n) is 4.14. The number of nitrogens with zero attached hydrogens (tertiary/aromatic N) is 1. The molecule has 0 bridgehead atoms. The number of likely N-dealkylation sites (N-methyl/N-ethyl adjacent to an activating group) is 1. The van der Waals surface area contributed by atoms with E-state index in [1.54, 1.807) is 0 Å². The highest BCUT2D eigenvalue weighted by molar-refractivity contribution is 5.29. The molecule has 0 N–H and O–H groups in total. The van der Waals surface area contributed by atoms with Crippen molar-refractivity contribution >= 4 is 0 Å². The topological polar surface area (TPSA) is 3.24 Å². The number of rotatable bonds is 3. The molecule has 0 radical (unpaired) electrons. The van der Waals surface area contributed by atoms with Crippen molar-refractivity contribution in [2.75, 3.05) is 14.1 Å². The maximum atomic E-state index is 3.72. The van der Waals surface area contributed by atoms with Crippen molar-refractivity contribution in [2.45, 2.75) is 20.8 Å². The molecule has 0 saturated carbocycles. The smallest absolute Gasteiger partial charge is 0.0349 e. The van der Waals surface area contributed by atoms with E-state index >= 15 is 0 Å². The average Bonchev–Trinajstić information content (AvgIpc) is 1.98. The van der Waals surface area contributed by atoms with E-state index in [0.29, 0.717) is 0 Å². The van der Waals surface area contributed by atoms with Gasteiger partial charge in [0.2, 0.25) is 0 Å². The second-order valence-electron chi connectivity index (χ2n) is 3.37. The van der Waals surface area contributed by atoms with Gasteiger partial charge in [0.15, 0.2) is 0 Å². The number of hydrogen-bond donors (Lipinski definition) is 0. The van der Waals surface area contributed by atoms with Gasteiger partial charge in [0.25, 0.3) is 0 Å². The van der Waals surface area contributed by atoms with Gasteiger partial charge in [-0.1, -0.05) is 18.2 Å². The zero-order valence-electron chi connectivity index (χ0n) is 8.81. The maximum absolute atomic E-state index is 3.72. The summed E-state index contributed by atoms with van der Waals surface area (Å²) in [4.78, 5) is 2.11. The first kappa shape index (κ1) is 11.0. The maximum Gasteiger partial charge on any atom is 0.0349 e. The summed E-state index contributed by atoms with van der Waals surface area (Å²) in [6.07, 6.45) is 4.01. The highest BCUT2D eigenvalue weighted by Crippen LogP contribution is 2.10. The van der Waals surface area contributed by atoms with Crippen LogP contribution in [0.4, 0.5) is 0 Å². The lowest BCUT2D eigenvalue weighted by Gasteiger charge is -2.16. The molecule has 0 aromatic rings. The van der Waals surface area contributed by atoms with E-state index in [2.05, 4.69) is 52.4 Å². The third-order valence-corrected chi connectivity index (χ3v) is 1.68. The Bertz CT molecular complexity index is 215. The van der Waals surface area contributed by atoms with Crippen LogP contribution in [0.1, 0.15) is 20.8 Å². The summed E-state index contributed by atoms with van der Waals surface area (Å²) in [5, 5.41) is 0. The molecule has 0 aromatic heterocycles. The highest BCUT2D eigenvalue weighted by atomic mass is 15.1. The normalized spacial score (nSPS) is 10.9. The lowest BCUT2D eigenvalue weighted by Crippen LogP contribution is -2.10. The molecule has 0 atom stereocenters. The van der Waals surface area contributed by atoms with Crippen LogP contribution in [0.5, 0.6) is 0 Å². The Balaban J connectivity index is 4.81. The Morgan fingerprint density at radius 2 is 1.67 bits per heavy atom. The Morgan fingerprint density at radius 3 is 1.92 bits per heavy atom. The summed E-state index contributed by atoms with van der Waals surface area (Å²) in [5.41, 5.74) is 3.77. The van der Waals surface area contributed by atoms with Gasteiger partial charge in [-0.25, -0.2) is 0 Å². The van der Waals surface area contributed by atoms with Gasteiger partial charge in [0.1, 0.15) is 0 Å². The van der Waals surface area contributed by atoms with E-state index in [0.717, 1.165) is 0 Å². The lowest BCUT2D eigenvalue weighted by atomic mass is 10.1. The number of hydrogen-bond acceptors (Lipinski definition) is 1. The molecule has 1 heteroatoms. The van der Waals surface area contributed by atoms with Crippen molar-refractivity contribution in [1.29, 1.82) is 0 Å². The van der Waals surface area contributed by atoms with Crippen LogP contribution in [0.15, 0.2) is 35.6 Å². The van der Waals surface area contributed by atoms with E-state index in [9.17, 15) is 0 Å². The molecular weight excluding hydrogens is 146 g/mol. The summed E-state index contributed by atoms with van der Waals surface area (Å²) in [6, 6.07) is 0. The van der Waals surface area contributed by atoms with Crippen LogP contribution in [0.25, 0.3) is 0 Å². The van der Waals surface area contributed by atoms with Gasteiger partial charge in [0, 0.05) is 19.8 Å². The first-order chi connectivity index (χ1) is 5.49. The van der Waals surface area contributed by atoms with Gasteiger partial charge in [-0.05, 0) is 32.4 Å². The second kappa shape index (κ2) is 4.81. The molecule has 0 rings (SSSR count). The van der Waals surface area contributed by atoms with Gasteiger partial charge in [-0.15, -0.1) is 0 Å². The van der Waals surface area contributed by atoms with Crippen LogP contribution in [0.3, 0.4) is 0 Å². The zero-order valence-corrected chi connectivity index (χ0v) is 8.81. The van der Waals surface area contributed by atoms with Crippen molar-refractivity contribution in [3.63, 3.8) is 0 Å². The largest absolute Gasteiger partial charge is 0.378 e. The summed E-state index contributed by atoms with van der Waals surface area (Å²) in [7, 11) is 4.10. The predicted molar refractivity (Wildman–Crippen MR) is 56.0 cm³/mol. The Hall–Kier alpha value is -0.980. The highest BCUT2D eigenvalue weighted by Gasteiger charge is 1.97. The SMILES string of the molecule is C=C/C(C)=C\C(=C(C)C)N(C)C. The monoisotopic (exact) mass is 165 g/mol. The quantitative estimate of drug-likeness (QED) is 0.581. The van der Waals surface area contributed by atoms with Crippen molar-refractivity contribution in [3.05, 3.63) is 35.6 Å². The molecule has 0 aliphatic heterocycles. The minimum Gasteiger partial charge on any atom is -0.378 e. The van der Waals surface area contributed by atoms with Crippen molar-refractivity contribution < 1.29 is 0 Å². The Labute approximate surface area is 76.1 Å². The van der Waals surface area contributed by atoms with Crippen LogP contribution >= 0.6 is 0 Å². The first-order valence-corrected chi connectivity index (χ1v) is 4.14. The van der Waals surface area contributed by atoms with Gasteiger partial charge >= 0.3 is 0 Å². The molecule has 0 heterocycles. The second-order valence-corrected chi connectivity index (χ2v) is 3.37. The third kappa shape index (κ3) is 3.42. The average molecular weight is 165 g/mol. The van der Waals surface area contributed by atoms with E-state index in [1.807, 2.05) is 6.08 Å². The van der Waals surface area contributed by atoms with E-state index in [-0.39, 0.29) is 0 Å². The Kier molecular flexibility index (Phi) is 4.42. The zero-order chi connectivity index (χ0) is 9.72. The molecule has 0 amide bonds. The summed E-state index contributed by atoms with van der Waals surface area (Å²) in [5.74, 6) is 0. The third-order valence-electron chi connectivity index (χ3n) is 1.68. The van der Waals surface area contributed by atoms with Gasteiger partial charge < -0.3 is 4.90 Å². The van der Waals surface area contributed by atoms with Gasteiger partial charge in [-0.3, -0.25) is 0 Å². The summed E-state index contributed by atoms with van der Waals surface area (Å²) in [6.45, 7) is 10.0. The van der Waals surface area contributed by atoms with E-state index in [1.165, 1.54) is 16.8 Å². The van der Waals surface area contributed by atoms with Crippen LogP contribution in [0.2, 0.25) is 0 Å². The molecule has 12 heavy (non-hydrogen) atoms. The molecule has 68 valence electrons. The van der Waals surface area contributed by atoms with Crippen LogP contribution in [-0.2, 0) is 0 Å². The van der Waals surface area contributed by atoms with Crippen molar-refractivity contribution in [3.8, 4) is 0 Å². The van der Waals surface area contributed by atoms with Crippen molar-refractivity contribution in [1.82, 2.24) is 4.90 Å². The summed E-state index contributed by atoms with van der Waals surface area (Å²) >= 11 is 0. The molecule has 0 fully saturated rings.